The van der Waals surface area contributed by atoms with E-state index in [-0.39, 0.29) is 48.2 Å². The molecule has 1 saturated carbocycles. The summed E-state index contributed by atoms with van der Waals surface area (Å²) in [6.07, 6.45) is -6.76. The number of nitriles is 1. The van der Waals surface area contributed by atoms with E-state index in [1.54, 1.807) is 26.8 Å². The topological polar surface area (TPSA) is 139 Å². The average molecular weight is 671 g/mol. The van der Waals surface area contributed by atoms with Crippen LogP contribution in [0.3, 0.4) is 0 Å². The zero-order valence-corrected chi connectivity index (χ0v) is 27.1. The Labute approximate surface area is 268 Å². The third-order valence-electron chi connectivity index (χ3n) is 8.12. The average Bonchev–Trinajstić information content (AvgIpc) is 3.44. The Morgan fingerprint density at radius 1 is 1.11 bits per heavy atom. The molecule has 3 amide bonds. The summed E-state index contributed by atoms with van der Waals surface area (Å²) in [6, 6.07) is -0.0483. The zero-order valence-electron chi connectivity index (χ0n) is 27.1. The number of aromatic nitrogens is 3. The monoisotopic (exact) mass is 670 g/mol. The van der Waals surface area contributed by atoms with E-state index >= 15 is 0 Å². The van der Waals surface area contributed by atoms with Crippen LogP contribution in [-0.4, -0.2) is 66.9 Å². The number of imide groups is 1. The fourth-order valence-electron chi connectivity index (χ4n) is 6.07. The minimum Gasteiger partial charge on any atom is -0.444 e. The van der Waals surface area contributed by atoms with E-state index < -0.39 is 77.7 Å². The van der Waals surface area contributed by atoms with E-state index in [9.17, 15) is 41.6 Å². The second-order valence-corrected chi connectivity index (χ2v) is 14.4. The summed E-state index contributed by atoms with van der Waals surface area (Å²) in [5.74, 6) is -4.40. The molecule has 2 fully saturated rings. The number of carbonyl (C=O) groups excluding carboxylic acids is 3. The van der Waals surface area contributed by atoms with Gasteiger partial charge in [-0.05, 0) is 84.8 Å². The number of nitrogens with zero attached hydrogens (tertiary/aromatic N) is 5. The quantitative estimate of drug-likeness (QED) is 0.337. The van der Waals surface area contributed by atoms with Crippen molar-refractivity contribution in [1.29, 1.82) is 5.26 Å². The molecule has 1 unspecified atom stereocenters. The van der Waals surface area contributed by atoms with Gasteiger partial charge in [0.2, 0.25) is 11.8 Å². The molecule has 47 heavy (non-hydrogen) atoms. The van der Waals surface area contributed by atoms with Crippen molar-refractivity contribution in [2.75, 3.05) is 0 Å². The summed E-state index contributed by atoms with van der Waals surface area (Å²) < 4.78 is 82.3. The second kappa shape index (κ2) is 12.5. The smallest absolute Gasteiger partial charge is 0.417 e. The molecule has 11 nitrogen and oxygen atoms in total. The Hall–Kier alpha value is -4.03. The number of imidazole rings is 1. The van der Waals surface area contributed by atoms with Crippen LogP contribution in [0.4, 0.5) is 31.5 Å². The SMILES string of the molecule is CC(C)(C)OC(=O)N[C@H](c1cn2ncc(CC3(CC#N)C[C@@H](C(F)(F)F)N(C(=O)OC(C)(C)C)C3=O)cc2n1)C1CCC(F)(F)CC1. The number of carbonyl (C=O) groups is 3. The molecule has 0 aromatic carbocycles. The van der Waals surface area contributed by atoms with Crippen molar-refractivity contribution in [2.24, 2.45) is 11.3 Å². The summed E-state index contributed by atoms with van der Waals surface area (Å²) >= 11 is 0. The van der Waals surface area contributed by atoms with Crippen LogP contribution < -0.4 is 5.32 Å². The lowest BCUT2D eigenvalue weighted by Crippen LogP contribution is -2.49. The van der Waals surface area contributed by atoms with Crippen LogP contribution in [-0.2, 0) is 20.7 Å². The number of alkyl carbamates (subject to hydrolysis) is 1. The van der Waals surface area contributed by atoms with Gasteiger partial charge in [0, 0.05) is 19.3 Å². The number of halogens is 5. The summed E-state index contributed by atoms with van der Waals surface area (Å²) in [5, 5.41) is 16.6. The molecule has 1 saturated heterocycles. The maximum atomic E-state index is 14.2. The van der Waals surface area contributed by atoms with Crippen LogP contribution in [0.1, 0.15) is 97.4 Å². The molecular weight excluding hydrogens is 631 g/mol. The highest BCUT2D eigenvalue weighted by Crippen LogP contribution is 2.47. The van der Waals surface area contributed by atoms with Crippen molar-refractivity contribution in [1.82, 2.24) is 24.8 Å². The lowest BCUT2D eigenvalue weighted by atomic mass is 9.77. The van der Waals surface area contributed by atoms with Gasteiger partial charge in [-0.1, -0.05) is 0 Å². The number of fused-ring (bicyclic) bond motifs is 1. The first-order chi connectivity index (χ1) is 21.5. The second-order valence-electron chi connectivity index (χ2n) is 14.4. The molecule has 1 aliphatic heterocycles. The van der Waals surface area contributed by atoms with E-state index in [0.717, 1.165) is 0 Å². The lowest BCUT2D eigenvalue weighted by Gasteiger charge is -2.33. The van der Waals surface area contributed by atoms with Gasteiger partial charge >= 0.3 is 18.4 Å². The van der Waals surface area contributed by atoms with Gasteiger partial charge in [0.05, 0.1) is 35.6 Å². The molecule has 2 aromatic heterocycles. The Morgan fingerprint density at radius 2 is 1.72 bits per heavy atom. The fraction of sp³-hybridized carbons (Fsp3) is 0.677. The van der Waals surface area contributed by atoms with Gasteiger partial charge < -0.3 is 14.8 Å². The van der Waals surface area contributed by atoms with Crippen LogP contribution in [0.5, 0.6) is 0 Å². The maximum absolute atomic E-state index is 14.2. The fourth-order valence-corrected chi connectivity index (χ4v) is 6.07. The van der Waals surface area contributed by atoms with Crippen molar-refractivity contribution in [3.8, 4) is 6.07 Å². The highest BCUT2D eigenvalue weighted by molar-refractivity contribution is 5.98. The highest BCUT2D eigenvalue weighted by Gasteiger charge is 2.62. The predicted molar refractivity (Wildman–Crippen MR) is 156 cm³/mol. The Balaban J connectivity index is 1.67. The molecular formula is C31H39F5N6O5. The van der Waals surface area contributed by atoms with Crippen LogP contribution >= 0.6 is 0 Å². The first kappa shape index (κ1) is 35.8. The molecule has 0 radical (unpaired) electrons. The van der Waals surface area contributed by atoms with Crippen LogP contribution in [0.15, 0.2) is 18.5 Å². The molecule has 1 N–H and O–H groups in total. The minimum absolute atomic E-state index is 0.0583. The van der Waals surface area contributed by atoms with Gasteiger partial charge in [-0.25, -0.2) is 32.8 Å². The molecule has 16 heteroatoms. The van der Waals surface area contributed by atoms with E-state index in [4.69, 9.17) is 9.47 Å². The molecule has 4 rings (SSSR count). The molecule has 3 heterocycles. The van der Waals surface area contributed by atoms with E-state index in [1.807, 2.05) is 0 Å². The first-order valence-electron chi connectivity index (χ1n) is 15.2. The minimum atomic E-state index is -4.98. The third-order valence-corrected chi connectivity index (χ3v) is 8.12. The Morgan fingerprint density at radius 3 is 2.28 bits per heavy atom. The maximum Gasteiger partial charge on any atom is 0.417 e. The third kappa shape index (κ3) is 8.47. The van der Waals surface area contributed by atoms with Crippen molar-refractivity contribution >= 4 is 23.7 Å². The van der Waals surface area contributed by atoms with E-state index in [0.29, 0.717) is 5.69 Å². The van der Waals surface area contributed by atoms with Gasteiger partial charge in [-0.2, -0.15) is 23.5 Å². The van der Waals surface area contributed by atoms with Crippen molar-refractivity contribution in [3.05, 3.63) is 29.7 Å². The van der Waals surface area contributed by atoms with Gasteiger partial charge in [-0.3, -0.25) is 4.79 Å². The van der Waals surface area contributed by atoms with Gasteiger partial charge in [0.1, 0.15) is 17.2 Å². The molecule has 0 spiro atoms. The largest absolute Gasteiger partial charge is 0.444 e. The first-order valence-corrected chi connectivity index (χ1v) is 15.2. The number of nitrogens with one attached hydrogen (secondary N) is 1. The molecule has 2 aliphatic rings. The lowest BCUT2D eigenvalue weighted by molar-refractivity contribution is -0.177. The number of ether oxygens (including phenoxy) is 2. The Kier molecular flexibility index (Phi) is 9.55. The standard InChI is InChI=1S/C31H39F5N6O5/c1-27(2,3)46-25(44)40-23(19-7-9-30(32,33)10-8-19)20-17-41-22(39-20)13-18(16-38-41)14-29(11-12-37)15-21(31(34,35)36)42(24(29)43)26(45)47-28(4,5)6/h13,16-17,19,21,23H,7-11,14-15H2,1-6H3,(H,40,44)/t21-,23-,29?/m0/s1. The number of rotatable bonds is 6. The number of hydrogen-bond acceptors (Lipinski definition) is 8. The summed E-state index contributed by atoms with van der Waals surface area (Å²) in [6.45, 7) is 9.39. The number of alkyl halides is 5. The zero-order chi connectivity index (χ0) is 35.2. The van der Waals surface area contributed by atoms with Gasteiger partial charge in [0.25, 0.3) is 0 Å². The van der Waals surface area contributed by atoms with Crippen LogP contribution in [0, 0.1) is 22.7 Å². The molecule has 258 valence electrons. The number of amides is 3. The number of likely N-dealkylation sites (tertiary alicyclic amines) is 1. The van der Waals surface area contributed by atoms with Crippen molar-refractivity contribution in [3.63, 3.8) is 0 Å². The predicted octanol–water partition coefficient (Wildman–Crippen LogP) is 6.66. The summed E-state index contributed by atoms with van der Waals surface area (Å²) in [4.78, 5) is 43.8. The van der Waals surface area contributed by atoms with E-state index in [1.165, 1.54) is 43.7 Å². The van der Waals surface area contributed by atoms with Gasteiger partial charge in [0.15, 0.2) is 5.65 Å². The molecule has 0 bridgehead atoms. The van der Waals surface area contributed by atoms with Crippen LogP contribution in [0.25, 0.3) is 5.65 Å². The van der Waals surface area contributed by atoms with Crippen molar-refractivity contribution < 1.29 is 45.8 Å². The summed E-state index contributed by atoms with van der Waals surface area (Å²) in [5.41, 5.74) is -3.17. The normalized spacial score (nSPS) is 23.0. The van der Waals surface area contributed by atoms with Crippen LogP contribution in [0.2, 0.25) is 0 Å². The van der Waals surface area contributed by atoms with Crippen molar-refractivity contribution in [2.45, 2.75) is 122 Å². The van der Waals surface area contributed by atoms with E-state index in [2.05, 4.69) is 15.4 Å². The summed E-state index contributed by atoms with van der Waals surface area (Å²) in [7, 11) is 0. The molecule has 2 aromatic rings. The molecule has 3 atom stereocenters. The number of hydrogen-bond donors (Lipinski definition) is 1. The Bertz CT molecular complexity index is 1550. The highest BCUT2D eigenvalue weighted by atomic mass is 19.4. The molecule has 1 aliphatic carbocycles. The van der Waals surface area contributed by atoms with Gasteiger partial charge in [-0.15, -0.1) is 0 Å².